The molecule has 0 radical (unpaired) electrons. The highest BCUT2D eigenvalue weighted by Gasteiger charge is 2.06. The van der Waals surface area contributed by atoms with E-state index in [1.54, 1.807) is 13.2 Å². The van der Waals surface area contributed by atoms with Gasteiger partial charge in [-0.1, -0.05) is 12.1 Å². The Morgan fingerprint density at radius 2 is 2.05 bits per heavy atom. The number of halogens is 1. The summed E-state index contributed by atoms with van der Waals surface area (Å²) in [6, 6.07) is 14.0. The molecule has 0 spiro atoms. The average Bonchev–Trinajstić information content (AvgIpc) is 2.46. The zero-order valence-corrected chi connectivity index (χ0v) is 11.4. The van der Waals surface area contributed by atoms with Crippen molar-refractivity contribution in [3.05, 3.63) is 59.4 Å². The second kappa shape index (κ2) is 6.07. The first kappa shape index (κ1) is 13.9. The van der Waals surface area contributed by atoms with Gasteiger partial charge in [-0.2, -0.15) is 5.26 Å². The van der Waals surface area contributed by atoms with E-state index >= 15 is 0 Å². The SMILES string of the molecule is COc1cccc(CN(C)c2cc(F)cc(C#N)c2)c1. The lowest BCUT2D eigenvalue weighted by atomic mass is 10.1. The minimum atomic E-state index is -0.406. The Kier molecular flexibility index (Phi) is 4.21. The molecule has 0 heterocycles. The van der Waals surface area contributed by atoms with Gasteiger partial charge in [0.15, 0.2) is 0 Å². The highest BCUT2D eigenvalue weighted by atomic mass is 19.1. The summed E-state index contributed by atoms with van der Waals surface area (Å²) >= 11 is 0. The first-order valence-corrected chi connectivity index (χ1v) is 6.17. The van der Waals surface area contributed by atoms with Crippen molar-refractivity contribution >= 4 is 5.69 Å². The highest BCUT2D eigenvalue weighted by molar-refractivity contribution is 5.52. The van der Waals surface area contributed by atoms with Crippen LogP contribution < -0.4 is 9.64 Å². The molecule has 2 rings (SSSR count). The Morgan fingerprint density at radius 1 is 1.25 bits per heavy atom. The van der Waals surface area contributed by atoms with Gasteiger partial charge in [0, 0.05) is 19.3 Å². The van der Waals surface area contributed by atoms with Crippen LogP contribution in [0, 0.1) is 17.1 Å². The van der Waals surface area contributed by atoms with E-state index < -0.39 is 5.82 Å². The van der Waals surface area contributed by atoms with E-state index in [9.17, 15) is 4.39 Å². The number of nitriles is 1. The fourth-order valence-electron chi connectivity index (χ4n) is 2.00. The lowest BCUT2D eigenvalue weighted by molar-refractivity contribution is 0.414. The van der Waals surface area contributed by atoms with Gasteiger partial charge in [-0.05, 0) is 35.9 Å². The van der Waals surface area contributed by atoms with Crippen molar-refractivity contribution in [3.63, 3.8) is 0 Å². The topological polar surface area (TPSA) is 36.3 Å². The molecule has 0 aromatic heterocycles. The minimum absolute atomic E-state index is 0.317. The van der Waals surface area contributed by atoms with Gasteiger partial charge >= 0.3 is 0 Å². The summed E-state index contributed by atoms with van der Waals surface area (Å²) in [5.41, 5.74) is 2.04. The summed E-state index contributed by atoms with van der Waals surface area (Å²) in [4.78, 5) is 1.89. The number of nitrogens with zero attached hydrogens (tertiary/aromatic N) is 2. The lowest BCUT2D eigenvalue weighted by Gasteiger charge is -2.20. The Labute approximate surface area is 117 Å². The highest BCUT2D eigenvalue weighted by Crippen LogP contribution is 2.20. The Bertz CT molecular complexity index is 649. The first-order chi connectivity index (χ1) is 9.62. The summed E-state index contributed by atoms with van der Waals surface area (Å²) in [6.45, 7) is 0.603. The predicted molar refractivity (Wildman–Crippen MR) is 76.2 cm³/mol. The molecule has 2 aromatic rings. The molecule has 2 aromatic carbocycles. The van der Waals surface area contributed by atoms with Crippen molar-refractivity contribution in [2.75, 3.05) is 19.1 Å². The van der Waals surface area contributed by atoms with E-state index in [1.807, 2.05) is 42.3 Å². The zero-order valence-electron chi connectivity index (χ0n) is 11.4. The van der Waals surface area contributed by atoms with E-state index in [1.165, 1.54) is 12.1 Å². The molecular formula is C16H15FN2O. The predicted octanol–water partition coefficient (Wildman–Crippen LogP) is 3.34. The molecule has 0 fully saturated rings. The molecule has 0 amide bonds. The van der Waals surface area contributed by atoms with Crippen molar-refractivity contribution in [2.24, 2.45) is 0 Å². The fourth-order valence-corrected chi connectivity index (χ4v) is 2.00. The van der Waals surface area contributed by atoms with E-state index in [2.05, 4.69) is 0 Å². The Morgan fingerprint density at radius 3 is 2.75 bits per heavy atom. The molecule has 0 aliphatic heterocycles. The van der Waals surface area contributed by atoms with Gasteiger partial charge in [0.05, 0.1) is 18.7 Å². The van der Waals surface area contributed by atoms with E-state index in [4.69, 9.17) is 10.00 Å². The maximum absolute atomic E-state index is 13.4. The molecule has 0 atom stereocenters. The third-order valence-corrected chi connectivity index (χ3v) is 3.01. The van der Waals surface area contributed by atoms with Gasteiger partial charge in [0.1, 0.15) is 11.6 Å². The molecule has 0 unspecified atom stereocenters. The number of benzene rings is 2. The number of methoxy groups -OCH3 is 1. The van der Waals surface area contributed by atoms with E-state index in [0.717, 1.165) is 11.3 Å². The molecule has 0 bridgehead atoms. The van der Waals surface area contributed by atoms with Gasteiger partial charge in [-0.3, -0.25) is 0 Å². The van der Waals surface area contributed by atoms with Crippen molar-refractivity contribution in [2.45, 2.75) is 6.54 Å². The number of hydrogen-bond acceptors (Lipinski definition) is 3. The quantitative estimate of drug-likeness (QED) is 0.855. The van der Waals surface area contributed by atoms with Crippen LogP contribution in [0.15, 0.2) is 42.5 Å². The van der Waals surface area contributed by atoms with E-state index in [-0.39, 0.29) is 0 Å². The monoisotopic (exact) mass is 270 g/mol. The van der Waals surface area contributed by atoms with Gasteiger partial charge < -0.3 is 9.64 Å². The molecule has 102 valence electrons. The smallest absolute Gasteiger partial charge is 0.126 e. The van der Waals surface area contributed by atoms with Crippen LogP contribution in [0.25, 0.3) is 0 Å². The number of rotatable bonds is 4. The second-order valence-electron chi connectivity index (χ2n) is 4.52. The average molecular weight is 270 g/mol. The summed E-state index contributed by atoms with van der Waals surface area (Å²) < 4.78 is 18.6. The molecule has 0 saturated heterocycles. The zero-order chi connectivity index (χ0) is 14.5. The molecule has 3 nitrogen and oxygen atoms in total. The van der Waals surface area contributed by atoms with Crippen LogP contribution in [0.5, 0.6) is 5.75 Å². The van der Waals surface area contributed by atoms with Crippen LogP contribution in [-0.2, 0) is 6.54 Å². The summed E-state index contributed by atoms with van der Waals surface area (Å²) in [5.74, 6) is 0.379. The van der Waals surface area contributed by atoms with Gasteiger partial charge in [0.2, 0.25) is 0 Å². The lowest BCUT2D eigenvalue weighted by Crippen LogP contribution is -2.16. The first-order valence-electron chi connectivity index (χ1n) is 6.17. The van der Waals surface area contributed by atoms with Crippen LogP contribution in [0.4, 0.5) is 10.1 Å². The van der Waals surface area contributed by atoms with Crippen LogP contribution in [0.1, 0.15) is 11.1 Å². The van der Waals surface area contributed by atoms with Gasteiger partial charge in [-0.15, -0.1) is 0 Å². The van der Waals surface area contributed by atoms with Crippen molar-refractivity contribution in [1.29, 1.82) is 5.26 Å². The molecule has 20 heavy (non-hydrogen) atoms. The maximum atomic E-state index is 13.4. The Balaban J connectivity index is 2.21. The maximum Gasteiger partial charge on any atom is 0.126 e. The summed E-state index contributed by atoms with van der Waals surface area (Å²) in [7, 11) is 3.48. The van der Waals surface area contributed by atoms with Crippen LogP contribution >= 0.6 is 0 Å². The standard InChI is InChI=1S/C16H15FN2O/c1-19(11-12-4-3-5-16(8-12)20-2)15-7-13(10-18)6-14(17)9-15/h3-9H,11H2,1-2H3. The van der Waals surface area contributed by atoms with Crippen molar-refractivity contribution in [1.82, 2.24) is 0 Å². The van der Waals surface area contributed by atoms with Crippen LogP contribution in [-0.4, -0.2) is 14.2 Å². The van der Waals surface area contributed by atoms with Crippen molar-refractivity contribution < 1.29 is 9.13 Å². The van der Waals surface area contributed by atoms with Crippen molar-refractivity contribution in [3.8, 4) is 11.8 Å². The number of hydrogen-bond donors (Lipinski definition) is 0. The molecule has 0 aliphatic carbocycles. The second-order valence-corrected chi connectivity index (χ2v) is 4.52. The Hall–Kier alpha value is -2.54. The third-order valence-electron chi connectivity index (χ3n) is 3.01. The number of anilines is 1. The normalized spacial score (nSPS) is 9.90. The van der Waals surface area contributed by atoms with Crippen LogP contribution in [0.3, 0.4) is 0 Å². The number of ether oxygens (including phenoxy) is 1. The molecular weight excluding hydrogens is 255 g/mol. The minimum Gasteiger partial charge on any atom is -0.497 e. The largest absolute Gasteiger partial charge is 0.497 e. The van der Waals surface area contributed by atoms with Gasteiger partial charge in [0.25, 0.3) is 0 Å². The third kappa shape index (κ3) is 3.27. The molecule has 0 aliphatic rings. The van der Waals surface area contributed by atoms with Crippen LogP contribution in [0.2, 0.25) is 0 Å². The fraction of sp³-hybridized carbons (Fsp3) is 0.188. The molecule has 4 heteroatoms. The summed E-state index contributed by atoms with van der Waals surface area (Å²) in [5, 5.41) is 8.87. The molecule has 0 N–H and O–H groups in total. The van der Waals surface area contributed by atoms with Gasteiger partial charge in [-0.25, -0.2) is 4.39 Å². The molecule has 0 saturated carbocycles. The van der Waals surface area contributed by atoms with E-state index in [0.29, 0.717) is 17.8 Å². The summed E-state index contributed by atoms with van der Waals surface area (Å²) in [6.07, 6.45) is 0.